The zero-order chi connectivity index (χ0) is 15.5. The molecule has 4 nitrogen and oxygen atoms in total. The molecule has 5 heteroatoms. The van der Waals surface area contributed by atoms with E-state index in [4.69, 9.17) is 0 Å². The van der Waals surface area contributed by atoms with E-state index in [0.717, 1.165) is 24.9 Å². The molecule has 1 unspecified atom stereocenters. The second kappa shape index (κ2) is 6.90. The van der Waals surface area contributed by atoms with Gasteiger partial charge in [-0.3, -0.25) is 0 Å². The van der Waals surface area contributed by atoms with Crippen LogP contribution in [0.5, 0.6) is 0 Å². The van der Waals surface area contributed by atoms with Gasteiger partial charge in [-0.1, -0.05) is 24.6 Å². The standard InChI is InChI=1S/C16H26N2O2S/c1-4-17-14(3)15-9-11-18(12-10-15)21(19,20)16-7-5-13(2)6-8-16/h5-8,14-15,17H,4,9-12H2,1-3H3. The molecule has 0 aliphatic carbocycles. The minimum absolute atomic E-state index is 0.409. The summed E-state index contributed by atoms with van der Waals surface area (Å²) in [4.78, 5) is 0.409. The first-order valence-corrected chi connectivity index (χ1v) is 9.19. The summed E-state index contributed by atoms with van der Waals surface area (Å²) in [5.74, 6) is 0.564. The lowest BCUT2D eigenvalue weighted by Gasteiger charge is -2.34. The molecule has 1 fully saturated rings. The van der Waals surface area contributed by atoms with E-state index in [1.807, 2.05) is 19.1 Å². The Hall–Kier alpha value is -0.910. The van der Waals surface area contributed by atoms with Crippen LogP contribution in [0.1, 0.15) is 32.3 Å². The van der Waals surface area contributed by atoms with Crippen LogP contribution in [0.25, 0.3) is 0 Å². The Balaban J connectivity index is 2.02. The zero-order valence-corrected chi connectivity index (χ0v) is 14.0. The fourth-order valence-electron chi connectivity index (χ4n) is 2.96. The van der Waals surface area contributed by atoms with Crippen LogP contribution in [0.4, 0.5) is 0 Å². The largest absolute Gasteiger partial charge is 0.314 e. The fourth-order valence-corrected chi connectivity index (χ4v) is 4.43. The highest BCUT2D eigenvalue weighted by atomic mass is 32.2. The van der Waals surface area contributed by atoms with E-state index in [1.54, 1.807) is 16.4 Å². The monoisotopic (exact) mass is 310 g/mol. The third-order valence-corrected chi connectivity index (χ3v) is 6.30. The van der Waals surface area contributed by atoms with Gasteiger partial charge in [-0.15, -0.1) is 0 Å². The maximum atomic E-state index is 12.6. The molecule has 1 saturated heterocycles. The highest BCUT2D eigenvalue weighted by Crippen LogP contribution is 2.25. The van der Waals surface area contributed by atoms with E-state index in [2.05, 4.69) is 19.2 Å². The van der Waals surface area contributed by atoms with Crippen molar-refractivity contribution in [3.63, 3.8) is 0 Å². The smallest absolute Gasteiger partial charge is 0.243 e. The number of nitrogens with one attached hydrogen (secondary N) is 1. The van der Waals surface area contributed by atoms with Gasteiger partial charge in [0.15, 0.2) is 0 Å². The second-order valence-corrected chi connectivity index (χ2v) is 7.84. The molecule has 0 spiro atoms. The van der Waals surface area contributed by atoms with Crippen molar-refractivity contribution in [3.8, 4) is 0 Å². The molecule has 0 aromatic heterocycles. The van der Waals surface area contributed by atoms with Crippen LogP contribution >= 0.6 is 0 Å². The van der Waals surface area contributed by atoms with Gasteiger partial charge in [0, 0.05) is 19.1 Å². The van der Waals surface area contributed by atoms with Crippen molar-refractivity contribution in [1.29, 1.82) is 0 Å². The van der Waals surface area contributed by atoms with E-state index in [0.29, 0.717) is 29.9 Å². The number of benzene rings is 1. The highest BCUT2D eigenvalue weighted by molar-refractivity contribution is 7.89. The van der Waals surface area contributed by atoms with Crippen molar-refractivity contribution in [1.82, 2.24) is 9.62 Å². The van der Waals surface area contributed by atoms with Gasteiger partial charge in [-0.05, 0) is 51.3 Å². The van der Waals surface area contributed by atoms with Crippen molar-refractivity contribution >= 4 is 10.0 Å². The molecule has 0 saturated carbocycles. The molecule has 2 rings (SSSR count). The Bertz CT molecular complexity index is 546. The van der Waals surface area contributed by atoms with Crippen LogP contribution in [0.3, 0.4) is 0 Å². The van der Waals surface area contributed by atoms with Crippen molar-refractivity contribution in [2.75, 3.05) is 19.6 Å². The van der Waals surface area contributed by atoms with Crippen molar-refractivity contribution in [3.05, 3.63) is 29.8 Å². The van der Waals surface area contributed by atoms with Gasteiger partial charge in [-0.25, -0.2) is 8.42 Å². The van der Waals surface area contributed by atoms with Crippen molar-refractivity contribution in [2.45, 2.75) is 44.6 Å². The van der Waals surface area contributed by atoms with E-state index in [1.165, 1.54) is 0 Å². The van der Waals surface area contributed by atoms with Gasteiger partial charge in [0.1, 0.15) is 0 Å². The molecule has 1 aliphatic rings. The summed E-state index contributed by atoms with van der Waals surface area (Å²) in [6.07, 6.45) is 1.86. The number of rotatable bonds is 5. The Kier molecular flexibility index (Phi) is 5.41. The van der Waals surface area contributed by atoms with E-state index in [9.17, 15) is 8.42 Å². The van der Waals surface area contributed by atoms with Crippen LogP contribution in [0, 0.1) is 12.8 Å². The average Bonchev–Trinajstić information content (AvgIpc) is 2.48. The van der Waals surface area contributed by atoms with E-state index < -0.39 is 10.0 Å². The van der Waals surface area contributed by atoms with Crippen LogP contribution in [0.15, 0.2) is 29.2 Å². The maximum Gasteiger partial charge on any atom is 0.243 e. The van der Waals surface area contributed by atoms with Crippen LogP contribution in [-0.4, -0.2) is 38.4 Å². The molecule has 0 bridgehead atoms. The number of sulfonamides is 1. The molecule has 1 atom stereocenters. The molecule has 0 amide bonds. The van der Waals surface area contributed by atoms with Crippen molar-refractivity contribution in [2.24, 2.45) is 5.92 Å². The third-order valence-electron chi connectivity index (χ3n) is 4.39. The van der Waals surface area contributed by atoms with Crippen LogP contribution < -0.4 is 5.32 Å². The lowest BCUT2D eigenvalue weighted by Crippen LogP contribution is -2.44. The van der Waals surface area contributed by atoms with Crippen LogP contribution in [0.2, 0.25) is 0 Å². The van der Waals surface area contributed by atoms with Gasteiger partial charge < -0.3 is 5.32 Å². The van der Waals surface area contributed by atoms with E-state index >= 15 is 0 Å². The lowest BCUT2D eigenvalue weighted by atomic mass is 9.91. The summed E-state index contributed by atoms with van der Waals surface area (Å²) in [6.45, 7) is 8.46. The first-order valence-electron chi connectivity index (χ1n) is 7.75. The second-order valence-electron chi connectivity index (χ2n) is 5.90. The fraction of sp³-hybridized carbons (Fsp3) is 0.625. The molecule has 21 heavy (non-hydrogen) atoms. The predicted octanol–water partition coefficient (Wildman–Crippen LogP) is 2.39. The summed E-state index contributed by atoms with van der Waals surface area (Å²) >= 11 is 0. The minimum atomic E-state index is -3.33. The molecule has 1 heterocycles. The first-order chi connectivity index (χ1) is 9.95. The molecule has 1 aliphatic heterocycles. The lowest BCUT2D eigenvalue weighted by molar-refractivity contribution is 0.233. The molecule has 1 aromatic carbocycles. The Morgan fingerprint density at radius 3 is 2.33 bits per heavy atom. The van der Waals surface area contributed by atoms with Gasteiger partial charge >= 0.3 is 0 Å². The molecular formula is C16H26N2O2S. The van der Waals surface area contributed by atoms with Gasteiger partial charge in [0.05, 0.1) is 4.90 Å². The predicted molar refractivity (Wildman–Crippen MR) is 85.8 cm³/mol. The first kappa shape index (κ1) is 16.5. The molecule has 118 valence electrons. The van der Waals surface area contributed by atoms with Gasteiger partial charge in [-0.2, -0.15) is 4.31 Å². The Morgan fingerprint density at radius 2 is 1.81 bits per heavy atom. The normalized spacial score (nSPS) is 19.6. The van der Waals surface area contributed by atoms with Crippen LogP contribution in [-0.2, 0) is 10.0 Å². The number of hydrogen-bond donors (Lipinski definition) is 1. The van der Waals surface area contributed by atoms with Crippen molar-refractivity contribution < 1.29 is 8.42 Å². The Labute approximate surface area is 128 Å². The average molecular weight is 310 g/mol. The summed E-state index contributed by atoms with van der Waals surface area (Å²) in [6, 6.07) is 7.58. The Morgan fingerprint density at radius 1 is 1.24 bits per heavy atom. The number of nitrogens with zero attached hydrogens (tertiary/aromatic N) is 1. The molecule has 1 aromatic rings. The third kappa shape index (κ3) is 3.84. The number of piperidine rings is 1. The SMILES string of the molecule is CCNC(C)C1CCN(S(=O)(=O)c2ccc(C)cc2)CC1. The number of aryl methyl sites for hydroxylation is 1. The van der Waals surface area contributed by atoms with Gasteiger partial charge in [0.25, 0.3) is 0 Å². The maximum absolute atomic E-state index is 12.6. The van der Waals surface area contributed by atoms with E-state index in [-0.39, 0.29) is 0 Å². The molecule has 1 N–H and O–H groups in total. The minimum Gasteiger partial charge on any atom is -0.314 e. The topological polar surface area (TPSA) is 49.4 Å². The summed E-state index contributed by atoms with van der Waals surface area (Å²) < 4.78 is 26.9. The summed E-state index contributed by atoms with van der Waals surface area (Å²) in [5.41, 5.74) is 1.08. The zero-order valence-electron chi connectivity index (χ0n) is 13.2. The quantitative estimate of drug-likeness (QED) is 0.908. The molecule has 0 radical (unpaired) electrons. The summed E-state index contributed by atoms with van der Waals surface area (Å²) in [7, 11) is -3.33. The van der Waals surface area contributed by atoms with Gasteiger partial charge in [0.2, 0.25) is 10.0 Å². The highest BCUT2D eigenvalue weighted by Gasteiger charge is 2.30. The number of hydrogen-bond acceptors (Lipinski definition) is 3. The summed E-state index contributed by atoms with van der Waals surface area (Å²) in [5, 5.41) is 3.44. The molecular weight excluding hydrogens is 284 g/mol.